The van der Waals surface area contributed by atoms with Crippen molar-refractivity contribution in [3.63, 3.8) is 0 Å². The van der Waals surface area contributed by atoms with Crippen LogP contribution in [0.4, 0.5) is 4.39 Å². The average Bonchev–Trinajstić information content (AvgIpc) is 2.90. The van der Waals surface area contributed by atoms with Crippen molar-refractivity contribution >= 4 is 0 Å². The maximum Gasteiger partial charge on any atom is 0.123 e. The van der Waals surface area contributed by atoms with Gasteiger partial charge in [0.25, 0.3) is 0 Å². The van der Waals surface area contributed by atoms with Gasteiger partial charge in [0.1, 0.15) is 5.82 Å². The van der Waals surface area contributed by atoms with Crippen molar-refractivity contribution in [2.24, 2.45) is 0 Å². The number of halogens is 1. The van der Waals surface area contributed by atoms with E-state index in [9.17, 15) is 4.39 Å². The van der Waals surface area contributed by atoms with E-state index in [4.69, 9.17) is 0 Å². The van der Waals surface area contributed by atoms with Gasteiger partial charge < -0.3 is 5.32 Å². The van der Waals surface area contributed by atoms with E-state index in [1.165, 1.54) is 37.8 Å². The summed E-state index contributed by atoms with van der Waals surface area (Å²) in [6, 6.07) is 7.55. The summed E-state index contributed by atoms with van der Waals surface area (Å²) in [5, 5.41) is 3.79. The van der Waals surface area contributed by atoms with Crippen molar-refractivity contribution in [1.29, 1.82) is 0 Å². The number of rotatable bonds is 3. The van der Waals surface area contributed by atoms with Gasteiger partial charge in [0, 0.05) is 31.2 Å². The van der Waals surface area contributed by atoms with E-state index in [2.05, 4.69) is 17.1 Å². The van der Waals surface area contributed by atoms with Crippen molar-refractivity contribution in [2.45, 2.75) is 50.6 Å². The van der Waals surface area contributed by atoms with Gasteiger partial charge in [-0.2, -0.15) is 0 Å². The van der Waals surface area contributed by atoms with E-state index in [1.807, 2.05) is 12.1 Å². The van der Waals surface area contributed by atoms with Crippen molar-refractivity contribution in [2.75, 3.05) is 19.6 Å². The van der Waals surface area contributed by atoms with Crippen LogP contribution in [0, 0.1) is 5.82 Å². The van der Waals surface area contributed by atoms with Gasteiger partial charge in [0.2, 0.25) is 0 Å². The Morgan fingerprint density at radius 1 is 1.25 bits per heavy atom. The molecule has 1 saturated heterocycles. The number of nitrogens with zero attached hydrogens (tertiary/aromatic N) is 1. The fourth-order valence-electron chi connectivity index (χ4n) is 3.70. The van der Waals surface area contributed by atoms with Crippen LogP contribution in [-0.4, -0.2) is 36.1 Å². The Balaban J connectivity index is 1.59. The van der Waals surface area contributed by atoms with E-state index < -0.39 is 0 Å². The molecule has 1 heterocycles. The zero-order valence-corrected chi connectivity index (χ0v) is 12.4. The number of hydrogen-bond donors (Lipinski definition) is 1. The van der Waals surface area contributed by atoms with Crippen LogP contribution in [0.2, 0.25) is 0 Å². The highest BCUT2D eigenvalue weighted by Crippen LogP contribution is 2.33. The third-order valence-electron chi connectivity index (χ3n) is 5.06. The molecule has 0 aromatic heterocycles. The summed E-state index contributed by atoms with van der Waals surface area (Å²) in [6.07, 6.45) is 6.40. The van der Waals surface area contributed by atoms with Gasteiger partial charge in [-0.25, -0.2) is 4.39 Å². The van der Waals surface area contributed by atoms with Crippen LogP contribution >= 0.6 is 0 Å². The predicted molar refractivity (Wildman–Crippen MR) is 80.3 cm³/mol. The lowest BCUT2D eigenvalue weighted by Gasteiger charge is -2.45. The van der Waals surface area contributed by atoms with E-state index in [0.29, 0.717) is 11.6 Å². The van der Waals surface area contributed by atoms with Gasteiger partial charge in [0.05, 0.1) is 0 Å². The summed E-state index contributed by atoms with van der Waals surface area (Å²) >= 11 is 0. The smallest absolute Gasteiger partial charge is 0.123 e. The highest BCUT2D eigenvalue weighted by Gasteiger charge is 2.39. The zero-order valence-electron chi connectivity index (χ0n) is 12.4. The molecule has 110 valence electrons. The number of hydrogen-bond acceptors (Lipinski definition) is 2. The fraction of sp³-hybridized carbons (Fsp3) is 0.647. The summed E-state index contributed by atoms with van der Waals surface area (Å²) in [7, 11) is 0. The zero-order chi connectivity index (χ0) is 14.0. The molecule has 1 N–H and O–H groups in total. The molecule has 1 aromatic rings. The SMILES string of the molecule is CC1CNC2(CCCC2)CN1CCc1ccc(F)cc1. The molecule has 2 aliphatic rings. The molecule has 1 aliphatic carbocycles. The van der Waals surface area contributed by atoms with E-state index in [-0.39, 0.29) is 5.82 Å². The summed E-state index contributed by atoms with van der Waals surface area (Å²) in [5.74, 6) is -0.144. The van der Waals surface area contributed by atoms with Crippen LogP contribution in [0.3, 0.4) is 0 Å². The molecule has 20 heavy (non-hydrogen) atoms. The highest BCUT2D eigenvalue weighted by atomic mass is 19.1. The molecule has 0 bridgehead atoms. The minimum absolute atomic E-state index is 0.144. The lowest BCUT2D eigenvalue weighted by atomic mass is 9.92. The molecule has 0 amide bonds. The van der Waals surface area contributed by atoms with E-state index in [0.717, 1.165) is 19.5 Å². The number of piperazine rings is 1. The Kier molecular flexibility index (Phi) is 4.08. The first-order chi connectivity index (χ1) is 9.67. The Hall–Kier alpha value is -0.930. The molecular formula is C17H25FN2. The maximum absolute atomic E-state index is 12.9. The first kappa shape index (κ1) is 14.0. The predicted octanol–water partition coefficient (Wildman–Crippen LogP) is 2.97. The molecule has 0 radical (unpaired) electrons. The van der Waals surface area contributed by atoms with Crippen molar-refractivity contribution in [1.82, 2.24) is 10.2 Å². The largest absolute Gasteiger partial charge is 0.308 e. The molecule has 2 nitrogen and oxygen atoms in total. The minimum Gasteiger partial charge on any atom is -0.308 e. The second kappa shape index (κ2) is 5.82. The lowest BCUT2D eigenvalue weighted by molar-refractivity contribution is 0.0903. The van der Waals surface area contributed by atoms with Gasteiger partial charge in [-0.05, 0) is 43.9 Å². The number of nitrogens with one attached hydrogen (secondary N) is 1. The summed E-state index contributed by atoms with van der Waals surface area (Å²) < 4.78 is 12.9. The van der Waals surface area contributed by atoms with Crippen molar-refractivity contribution < 1.29 is 4.39 Å². The Labute approximate surface area is 121 Å². The van der Waals surface area contributed by atoms with Crippen LogP contribution in [0.1, 0.15) is 38.2 Å². The highest BCUT2D eigenvalue weighted by molar-refractivity contribution is 5.16. The molecule has 3 rings (SSSR count). The Morgan fingerprint density at radius 2 is 1.95 bits per heavy atom. The standard InChI is InChI=1S/C17H25FN2/c1-14-12-19-17(9-2-3-10-17)13-20(14)11-8-15-4-6-16(18)7-5-15/h4-7,14,19H,2-3,8-13H2,1H3. The van der Waals surface area contributed by atoms with Gasteiger partial charge in [-0.15, -0.1) is 0 Å². The van der Waals surface area contributed by atoms with Gasteiger partial charge in [-0.1, -0.05) is 25.0 Å². The van der Waals surface area contributed by atoms with E-state index in [1.54, 1.807) is 12.1 Å². The maximum atomic E-state index is 12.9. The monoisotopic (exact) mass is 276 g/mol. The molecule has 1 aliphatic heterocycles. The second-order valence-corrected chi connectivity index (χ2v) is 6.56. The minimum atomic E-state index is -0.144. The van der Waals surface area contributed by atoms with Crippen LogP contribution < -0.4 is 5.32 Å². The molecule has 1 aromatic carbocycles. The number of benzene rings is 1. The lowest BCUT2D eigenvalue weighted by Crippen LogP contribution is -2.62. The third-order valence-corrected chi connectivity index (χ3v) is 5.06. The van der Waals surface area contributed by atoms with Gasteiger partial charge in [-0.3, -0.25) is 4.90 Å². The first-order valence-electron chi connectivity index (χ1n) is 7.90. The summed E-state index contributed by atoms with van der Waals surface area (Å²) in [5.41, 5.74) is 1.62. The molecule has 1 saturated carbocycles. The van der Waals surface area contributed by atoms with Crippen molar-refractivity contribution in [3.8, 4) is 0 Å². The summed E-state index contributed by atoms with van der Waals surface area (Å²) in [6.45, 7) is 5.66. The Bertz CT molecular complexity index is 437. The second-order valence-electron chi connectivity index (χ2n) is 6.56. The quantitative estimate of drug-likeness (QED) is 0.913. The topological polar surface area (TPSA) is 15.3 Å². The third kappa shape index (κ3) is 3.04. The molecule has 1 unspecified atom stereocenters. The average molecular weight is 276 g/mol. The van der Waals surface area contributed by atoms with Crippen LogP contribution in [0.5, 0.6) is 0 Å². The fourth-order valence-corrected chi connectivity index (χ4v) is 3.70. The van der Waals surface area contributed by atoms with Crippen LogP contribution in [0.25, 0.3) is 0 Å². The molecule has 2 fully saturated rings. The van der Waals surface area contributed by atoms with Gasteiger partial charge in [0.15, 0.2) is 0 Å². The van der Waals surface area contributed by atoms with E-state index >= 15 is 0 Å². The molecule has 1 spiro atoms. The normalized spacial score (nSPS) is 26.2. The Morgan fingerprint density at radius 3 is 2.65 bits per heavy atom. The van der Waals surface area contributed by atoms with Crippen LogP contribution in [0.15, 0.2) is 24.3 Å². The van der Waals surface area contributed by atoms with Gasteiger partial charge >= 0.3 is 0 Å². The molecular weight excluding hydrogens is 251 g/mol. The summed E-state index contributed by atoms with van der Waals surface area (Å²) in [4.78, 5) is 2.62. The van der Waals surface area contributed by atoms with Crippen LogP contribution in [-0.2, 0) is 6.42 Å². The van der Waals surface area contributed by atoms with Crippen molar-refractivity contribution in [3.05, 3.63) is 35.6 Å². The molecule has 3 heteroatoms. The first-order valence-corrected chi connectivity index (χ1v) is 7.90. The molecule has 1 atom stereocenters.